The number of amides is 1. The molecule has 23 heavy (non-hydrogen) atoms. The highest BCUT2D eigenvalue weighted by Crippen LogP contribution is 2.22. The molecular weight excluding hydrogens is 318 g/mol. The van der Waals surface area contributed by atoms with E-state index < -0.39 is 11.9 Å². The van der Waals surface area contributed by atoms with Crippen molar-refractivity contribution in [3.63, 3.8) is 0 Å². The van der Waals surface area contributed by atoms with Crippen LogP contribution in [-0.4, -0.2) is 18.5 Å². The molecule has 0 saturated heterocycles. The van der Waals surface area contributed by atoms with E-state index in [1.807, 2.05) is 25.1 Å². The number of rotatable bonds is 5. The summed E-state index contributed by atoms with van der Waals surface area (Å²) in [6.07, 6.45) is 0. The molecule has 1 atom stereocenters. The van der Waals surface area contributed by atoms with E-state index in [1.165, 1.54) is 0 Å². The molecular formula is C17H18ClNO4. The van der Waals surface area contributed by atoms with Gasteiger partial charge in [-0.1, -0.05) is 29.8 Å². The van der Waals surface area contributed by atoms with Crippen molar-refractivity contribution in [1.29, 1.82) is 0 Å². The third-order valence-corrected chi connectivity index (χ3v) is 3.69. The van der Waals surface area contributed by atoms with E-state index in [4.69, 9.17) is 20.8 Å². The van der Waals surface area contributed by atoms with Gasteiger partial charge >= 0.3 is 5.97 Å². The fourth-order valence-electron chi connectivity index (χ4n) is 2.23. The van der Waals surface area contributed by atoms with Crippen LogP contribution in [0.15, 0.2) is 34.7 Å². The lowest BCUT2D eigenvalue weighted by molar-refractivity contribution is -0.124. The fourth-order valence-corrected chi connectivity index (χ4v) is 2.53. The van der Waals surface area contributed by atoms with E-state index in [9.17, 15) is 9.59 Å². The molecule has 0 aliphatic heterocycles. The average Bonchev–Trinajstić information content (AvgIpc) is 2.84. The highest BCUT2D eigenvalue weighted by molar-refractivity contribution is 6.31. The maximum absolute atomic E-state index is 11.9. The lowest BCUT2D eigenvalue weighted by Crippen LogP contribution is -2.31. The fraction of sp³-hybridized carbons (Fsp3) is 0.294. The molecule has 6 heteroatoms. The second-order valence-electron chi connectivity index (χ2n) is 5.21. The predicted molar refractivity (Wildman–Crippen MR) is 86.5 cm³/mol. The normalized spacial score (nSPS) is 11.8. The van der Waals surface area contributed by atoms with Crippen molar-refractivity contribution < 1.29 is 18.7 Å². The molecule has 0 bridgehead atoms. The summed E-state index contributed by atoms with van der Waals surface area (Å²) < 4.78 is 10.3. The van der Waals surface area contributed by atoms with Crippen molar-refractivity contribution in [1.82, 2.24) is 5.32 Å². The summed E-state index contributed by atoms with van der Waals surface area (Å²) in [7, 11) is 0. The minimum absolute atomic E-state index is 0.284. The molecule has 1 heterocycles. The van der Waals surface area contributed by atoms with Crippen molar-refractivity contribution in [2.24, 2.45) is 0 Å². The van der Waals surface area contributed by atoms with Crippen molar-refractivity contribution in [3.05, 3.63) is 58.0 Å². The number of benzene rings is 1. The molecule has 0 spiro atoms. The van der Waals surface area contributed by atoms with E-state index in [2.05, 4.69) is 5.32 Å². The summed E-state index contributed by atoms with van der Waals surface area (Å²) in [5, 5.41) is 3.31. The van der Waals surface area contributed by atoms with E-state index in [-0.39, 0.29) is 12.6 Å². The first-order valence-electron chi connectivity index (χ1n) is 7.16. The Morgan fingerprint density at radius 1 is 1.30 bits per heavy atom. The first kappa shape index (κ1) is 17.1. The van der Waals surface area contributed by atoms with Gasteiger partial charge in [-0.2, -0.15) is 0 Å². The maximum atomic E-state index is 11.9. The summed E-state index contributed by atoms with van der Waals surface area (Å²) >= 11 is 6.08. The summed E-state index contributed by atoms with van der Waals surface area (Å²) in [6, 6.07) is 8.54. The molecule has 5 nitrogen and oxygen atoms in total. The van der Waals surface area contributed by atoms with Gasteiger partial charge in [-0.05, 0) is 38.5 Å². The highest BCUT2D eigenvalue weighted by Gasteiger charge is 2.17. The van der Waals surface area contributed by atoms with Crippen LogP contribution in [0, 0.1) is 13.8 Å². The SMILES string of the molecule is Cc1cc(C(=O)OCC(=O)N[C@@H](C)c2ccccc2Cl)c(C)o1. The monoisotopic (exact) mass is 335 g/mol. The first-order valence-corrected chi connectivity index (χ1v) is 7.54. The molecule has 0 saturated carbocycles. The Morgan fingerprint density at radius 2 is 2.00 bits per heavy atom. The minimum Gasteiger partial charge on any atom is -0.466 e. The second kappa shape index (κ2) is 7.33. The number of furan rings is 1. The lowest BCUT2D eigenvalue weighted by Gasteiger charge is -2.15. The summed E-state index contributed by atoms with van der Waals surface area (Å²) in [5.41, 5.74) is 1.13. The number of halogens is 1. The Hall–Kier alpha value is -2.27. The Bertz CT molecular complexity index is 723. The molecule has 0 fully saturated rings. The number of esters is 1. The van der Waals surface area contributed by atoms with Crippen LogP contribution in [0.2, 0.25) is 5.02 Å². The lowest BCUT2D eigenvalue weighted by atomic mass is 10.1. The molecule has 2 rings (SSSR count). The average molecular weight is 336 g/mol. The molecule has 2 aromatic rings. The van der Waals surface area contributed by atoms with Gasteiger partial charge in [0.05, 0.1) is 6.04 Å². The van der Waals surface area contributed by atoms with Crippen molar-refractivity contribution >= 4 is 23.5 Å². The second-order valence-corrected chi connectivity index (χ2v) is 5.62. The Morgan fingerprint density at radius 3 is 2.61 bits per heavy atom. The zero-order valence-corrected chi connectivity index (χ0v) is 13.9. The van der Waals surface area contributed by atoms with Gasteiger partial charge in [0, 0.05) is 5.02 Å². The van der Waals surface area contributed by atoms with Gasteiger partial charge in [0.2, 0.25) is 0 Å². The summed E-state index contributed by atoms with van der Waals surface area (Å²) in [6.45, 7) is 4.85. The van der Waals surface area contributed by atoms with Gasteiger partial charge in [-0.25, -0.2) is 4.79 Å². The van der Waals surface area contributed by atoms with Crippen LogP contribution in [0.5, 0.6) is 0 Å². The molecule has 1 aromatic heterocycles. The van der Waals surface area contributed by atoms with Gasteiger partial charge in [-0.15, -0.1) is 0 Å². The summed E-state index contributed by atoms with van der Waals surface area (Å²) in [4.78, 5) is 23.8. The number of carbonyl (C=O) groups excluding carboxylic acids is 2. The van der Waals surface area contributed by atoms with Gasteiger partial charge < -0.3 is 14.5 Å². The van der Waals surface area contributed by atoms with Crippen LogP contribution >= 0.6 is 11.6 Å². The number of nitrogens with one attached hydrogen (secondary N) is 1. The Labute approximate surface area is 139 Å². The van der Waals surface area contributed by atoms with Crippen LogP contribution in [0.4, 0.5) is 0 Å². The number of carbonyl (C=O) groups is 2. The van der Waals surface area contributed by atoms with Gasteiger partial charge in [-0.3, -0.25) is 4.79 Å². The molecule has 1 aromatic carbocycles. The van der Waals surface area contributed by atoms with Crippen molar-refractivity contribution in [2.75, 3.05) is 6.61 Å². The topological polar surface area (TPSA) is 68.5 Å². The van der Waals surface area contributed by atoms with E-state index in [0.717, 1.165) is 5.56 Å². The Kier molecular flexibility index (Phi) is 5.45. The molecule has 122 valence electrons. The quantitative estimate of drug-likeness (QED) is 0.848. The Balaban J connectivity index is 1.89. The predicted octanol–water partition coefficient (Wildman–Crippen LogP) is 3.58. The number of aryl methyl sites for hydroxylation is 2. The maximum Gasteiger partial charge on any atom is 0.342 e. The smallest absolute Gasteiger partial charge is 0.342 e. The van der Waals surface area contributed by atoms with Crippen LogP contribution in [-0.2, 0) is 9.53 Å². The third-order valence-electron chi connectivity index (χ3n) is 3.34. The third kappa shape index (κ3) is 4.36. The minimum atomic E-state index is -0.583. The van der Waals surface area contributed by atoms with E-state index >= 15 is 0 Å². The number of ether oxygens (including phenoxy) is 1. The van der Waals surface area contributed by atoms with Gasteiger partial charge in [0.25, 0.3) is 5.91 Å². The molecule has 0 radical (unpaired) electrons. The van der Waals surface area contributed by atoms with Gasteiger partial charge in [0.15, 0.2) is 6.61 Å². The first-order chi connectivity index (χ1) is 10.9. The van der Waals surface area contributed by atoms with Crippen molar-refractivity contribution in [3.8, 4) is 0 Å². The number of hydrogen-bond acceptors (Lipinski definition) is 4. The van der Waals surface area contributed by atoms with Crippen molar-refractivity contribution in [2.45, 2.75) is 26.8 Å². The molecule has 0 aliphatic rings. The molecule has 1 N–H and O–H groups in total. The zero-order chi connectivity index (χ0) is 17.0. The van der Waals surface area contributed by atoms with Gasteiger partial charge in [0.1, 0.15) is 17.1 Å². The van der Waals surface area contributed by atoms with Crippen LogP contribution in [0.3, 0.4) is 0 Å². The number of hydrogen-bond donors (Lipinski definition) is 1. The van der Waals surface area contributed by atoms with E-state index in [0.29, 0.717) is 22.1 Å². The van der Waals surface area contributed by atoms with E-state index in [1.54, 1.807) is 26.0 Å². The van der Waals surface area contributed by atoms with Crippen LogP contribution < -0.4 is 5.32 Å². The standard InChI is InChI=1S/C17H18ClNO4/c1-10-8-14(12(3)23-10)17(21)22-9-16(20)19-11(2)13-6-4-5-7-15(13)18/h4-8,11H,9H2,1-3H3,(H,19,20)/t11-/m0/s1. The zero-order valence-electron chi connectivity index (χ0n) is 13.2. The van der Waals surface area contributed by atoms with Crippen LogP contribution in [0.25, 0.3) is 0 Å². The largest absolute Gasteiger partial charge is 0.466 e. The highest BCUT2D eigenvalue weighted by atomic mass is 35.5. The molecule has 1 amide bonds. The van der Waals surface area contributed by atoms with Crippen LogP contribution in [0.1, 0.15) is 40.4 Å². The summed E-state index contributed by atoms with van der Waals surface area (Å²) in [5.74, 6) is 0.104. The molecule has 0 aliphatic carbocycles. The molecule has 0 unspecified atom stereocenters.